The van der Waals surface area contributed by atoms with Crippen LogP contribution >= 0.6 is 7.37 Å². The van der Waals surface area contributed by atoms with Crippen molar-refractivity contribution < 1.29 is 13.9 Å². The van der Waals surface area contributed by atoms with Gasteiger partial charge in [0, 0.05) is 5.56 Å². The number of rotatable bonds is 6. The zero-order chi connectivity index (χ0) is 18.0. The first-order valence-electron chi connectivity index (χ1n) is 8.83. The van der Waals surface area contributed by atoms with Crippen LogP contribution < -0.4 is 9.83 Å². The van der Waals surface area contributed by atoms with E-state index in [0.29, 0.717) is 17.5 Å². The molecule has 0 aliphatic carbocycles. The van der Waals surface area contributed by atoms with E-state index in [-0.39, 0.29) is 10.3 Å². The molecule has 0 saturated heterocycles. The molecule has 2 unspecified atom stereocenters. The lowest BCUT2D eigenvalue weighted by Crippen LogP contribution is -2.25. The minimum Gasteiger partial charge on any atom is -0.434 e. The Morgan fingerprint density at radius 3 is 2.60 bits per heavy atom. The molecule has 3 nitrogen and oxygen atoms in total. The molecule has 0 fully saturated rings. The summed E-state index contributed by atoms with van der Waals surface area (Å²) < 4.78 is 19.2. The number of benzene rings is 2. The first kappa shape index (κ1) is 18.5. The van der Waals surface area contributed by atoms with Gasteiger partial charge in [0.25, 0.3) is 0 Å². The molecule has 1 aliphatic heterocycles. The highest BCUT2D eigenvalue weighted by atomic mass is 31.2. The Bertz CT molecular complexity index is 847. The Labute approximate surface area is 157 Å². The van der Waals surface area contributed by atoms with Gasteiger partial charge in [-0.15, -0.1) is 0 Å². The van der Waals surface area contributed by atoms with E-state index in [0.717, 1.165) is 30.4 Å². The minimum absolute atomic E-state index is 0.310. The molecule has 2 atom stereocenters. The Kier molecular flexibility index (Phi) is 5.54. The highest BCUT2D eigenvalue weighted by Gasteiger charge is 2.43. The van der Waals surface area contributed by atoms with Crippen molar-refractivity contribution in [1.29, 1.82) is 0 Å². The van der Waals surface area contributed by atoms with Crippen molar-refractivity contribution in [1.82, 2.24) is 0 Å². The first-order valence-corrected chi connectivity index (χ1v) is 11.1. The second-order valence-corrected chi connectivity index (χ2v) is 9.49. The van der Waals surface area contributed by atoms with Crippen LogP contribution in [0.5, 0.6) is 5.75 Å². The molecular formula is C20H22AlO3P. The summed E-state index contributed by atoms with van der Waals surface area (Å²) in [6.45, 7) is 4.16. The zero-order valence-corrected chi connectivity index (χ0v) is 16.7. The van der Waals surface area contributed by atoms with Gasteiger partial charge in [-0.3, -0.25) is 9.36 Å². The van der Waals surface area contributed by atoms with Crippen molar-refractivity contribution in [3.63, 3.8) is 0 Å². The highest BCUT2D eigenvalue weighted by molar-refractivity contribution is 7.83. The molecule has 1 aliphatic rings. The molecule has 0 N–H and O–H groups in total. The summed E-state index contributed by atoms with van der Waals surface area (Å²) in [6, 6.07) is 13.4. The highest BCUT2D eigenvalue weighted by Crippen LogP contribution is 2.57. The summed E-state index contributed by atoms with van der Waals surface area (Å²) in [7, 11) is -3.60. The lowest BCUT2D eigenvalue weighted by atomic mass is 10.00. The Hall–Kier alpha value is -1.33. The molecule has 0 aromatic heterocycles. The predicted octanol–water partition coefficient (Wildman–Crippen LogP) is 4.89. The third kappa shape index (κ3) is 3.36. The number of hydrogen-bond acceptors (Lipinski definition) is 3. The smallest absolute Gasteiger partial charge is 0.341 e. The molecule has 5 heteroatoms. The lowest BCUT2D eigenvalue weighted by molar-refractivity contribution is -0.112. The normalized spacial score (nSPS) is 19.4. The second-order valence-electron chi connectivity index (χ2n) is 6.47. The fourth-order valence-corrected chi connectivity index (χ4v) is 6.42. The summed E-state index contributed by atoms with van der Waals surface area (Å²) >= 11 is 2.53. The van der Waals surface area contributed by atoms with E-state index >= 15 is 0 Å². The van der Waals surface area contributed by atoms with E-state index in [1.165, 1.54) is 5.56 Å². The quantitative estimate of drug-likeness (QED) is 0.539. The summed E-state index contributed by atoms with van der Waals surface area (Å²) in [5, 5.41) is 0.532. The molecule has 0 saturated carbocycles. The van der Waals surface area contributed by atoms with Crippen molar-refractivity contribution in [2.45, 2.75) is 44.3 Å². The van der Waals surface area contributed by atoms with Gasteiger partial charge in [-0.2, -0.15) is 0 Å². The Morgan fingerprint density at radius 2 is 1.88 bits per heavy atom. The van der Waals surface area contributed by atoms with Gasteiger partial charge in [0.05, 0.1) is 5.30 Å². The number of carbonyl (C=O) groups is 1. The summed E-state index contributed by atoms with van der Waals surface area (Å²) in [4.78, 5) is 12.9. The van der Waals surface area contributed by atoms with E-state index in [9.17, 15) is 9.36 Å². The van der Waals surface area contributed by atoms with Crippen molar-refractivity contribution >= 4 is 34.5 Å². The zero-order valence-electron chi connectivity index (χ0n) is 14.7. The molecule has 0 spiro atoms. The summed E-state index contributed by atoms with van der Waals surface area (Å²) in [5.41, 5.74) is 2.69. The molecular weight excluding hydrogens is 346 g/mol. The van der Waals surface area contributed by atoms with Gasteiger partial charge in [-0.25, -0.2) is 0 Å². The topological polar surface area (TPSA) is 43.4 Å². The molecule has 128 valence electrons. The average molecular weight is 368 g/mol. The fourth-order valence-electron chi connectivity index (χ4n) is 3.27. The molecule has 0 bridgehead atoms. The average Bonchev–Trinajstić information content (AvgIpc) is 2.62. The predicted molar refractivity (Wildman–Crippen MR) is 103 cm³/mol. The van der Waals surface area contributed by atoms with Gasteiger partial charge < -0.3 is 4.52 Å². The molecule has 1 heterocycles. The number of fused-ring (bicyclic) bond motifs is 3. The summed E-state index contributed by atoms with van der Waals surface area (Å²) in [5.74, 6) is 0.545. The van der Waals surface area contributed by atoms with Crippen LogP contribution in [0.2, 0.25) is 4.78 Å². The van der Waals surface area contributed by atoms with Crippen LogP contribution in [0.15, 0.2) is 42.5 Å². The van der Waals surface area contributed by atoms with Crippen molar-refractivity contribution in [2.24, 2.45) is 0 Å². The van der Waals surface area contributed by atoms with Crippen LogP contribution in [0.1, 0.15) is 38.7 Å². The van der Waals surface area contributed by atoms with Crippen molar-refractivity contribution in [3.8, 4) is 16.9 Å². The van der Waals surface area contributed by atoms with Gasteiger partial charge in [0.2, 0.25) is 5.52 Å². The van der Waals surface area contributed by atoms with Crippen LogP contribution in [0.25, 0.3) is 11.1 Å². The fraction of sp³-hybridized carbons (Fsp3) is 0.350. The van der Waals surface area contributed by atoms with E-state index in [2.05, 4.69) is 29.3 Å². The maximum atomic E-state index is 13.7. The van der Waals surface area contributed by atoms with Gasteiger partial charge in [-0.1, -0.05) is 57.4 Å². The van der Waals surface area contributed by atoms with E-state index < -0.39 is 7.37 Å². The summed E-state index contributed by atoms with van der Waals surface area (Å²) in [6.07, 6.45) is 3.58. The van der Waals surface area contributed by atoms with Crippen molar-refractivity contribution in [3.05, 3.63) is 48.0 Å². The second kappa shape index (κ2) is 7.50. The van der Waals surface area contributed by atoms with Crippen molar-refractivity contribution in [2.75, 3.05) is 0 Å². The van der Waals surface area contributed by atoms with Gasteiger partial charge >= 0.3 is 7.37 Å². The van der Waals surface area contributed by atoms with Crippen LogP contribution in [-0.2, 0) is 15.8 Å². The standard InChI is InChI=1S/C20H22O3P.Al/c1-3-5-11-20(21)24(22)19-10-7-6-9-16(19)17-14-15(8-4-2)12-13-18(17)23-24;/h6-7,9-14H,3-5,8H2,1-2H3;. The van der Waals surface area contributed by atoms with Gasteiger partial charge in [0.15, 0.2) is 0 Å². The van der Waals surface area contributed by atoms with Crippen LogP contribution in [0.4, 0.5) is 0 Å². The number of carbonyl (C=O) groups excluding carboxylic acids is 1. The third-order valence-electron chi connectivity index (χ3n) is 4.53. The van der Waals surface area contributed by atoms with Crippen LogP contribution in [-0.4, -0.2) is 21.8 Å². The molecule has 3 rings (SSSR count). The SMILES string of the molecule is CCCc1ccc2c(c1)-c1ccccc1P(=O)(C(=O)[CH]([Al])CCC)O2. The van der Waals surface area contributed by atoms with Gasteiger partial charge in [-0.05, 0) is 40.5 Å². The number of aryl methyl sites for hydroxylation is 1. The molecule has 2 aromatic rings. The largest absolute Gasteiger partial charge is 0.434 e. The monoisotopic (exact) mass is 368 g/mol. The maximum Gasteiger partial charge on any atom is 0.341 e. The van der Waals surface area contributed by atoms with E-state index in [1.807, 2.05) is 37.3 Å². The molecule has 0 amide bonds. The Balaban J connectivity index is 2.12. The van der Waals surface area contributed by atoms with Crippen LogP contribution in [0, 0.1) is 0 Å². The van der Waals surface area contributed by atoms with Crippen LogP contribution in [0.3, 0.4) is 0 Å². The molecule has 2 radical (unpaired) electrons. The lowest BCUT2D eigenvalue weighted by Gasteiger charge is -2.29. The molecule has 25 heavy (non-hydrogen) atoms. The maximum absolute atomic E-state index is 13.7. The molecule has 2 aromatic carbocycles. The van der Waals surface area contributed by atoms with E-state index in [1.54, 1.807) is 6.07 Å². The van der Waals surface area contributed by atoms with Gasteiger partial charge in [0.1, 0.15) is 22.0 Å². The first-order chi connectivity index (χ1) is 12.0. The minimum atomic E-state index is -3.60. The van der Waals surface area contributed by atoms with E-state index in [4.69, 9.17) is 4.52 Å². The number of hydrogen-bond donors (Lipinski definition) is 0. The third-order valence-corrected chi connectivity index (χ3v) is 7.83. The Morgan fingerprint density at radius 1 is 1.12 bits per heavy atom.